The van der Waals surface area contributed by atoms with Crippen LogP contribution in [0.3, 0.4) is 0 Å². The second kappa shape index (κ2) is 7.90. The fourth-order valence-electron chi connectivity index (χ4n) is 3.25. The highest BCUT2D eigenvalue weighted by Gasteiger charge is 2.22. The minimum absolute atomic E-state index is 0.316. The fraction of sp³-hybridized carbons (Fsp3) is 0.182. The number of hydrogen-bond acceptors (Lipinski definition) is 4. The monoisotopic (exact) mass is 403 g/mol. The van der Waals surface area contributed by atoms with Crippen LogP contribution in [0.4, 0.5) is 5.82 Å². The third-order valence-corrected chi connectivity index (χ3v) is 4.99. The number of para-hydroxylation sites is 2. The number of nitriles is 1. The quantitative estimate of drug-likeness (QED) is 0.498. The molecule has 0 saturated carbocycles. The lowest BCUT2D eigenvalue weighted by Gasteiger charge is -2.11. The van der Waals surface area contributed by atoms with Crippen molar-refractivity contribution >= 4 is 45.5 Å². The van der Waals surface area contributed by atoms with Crippen molar-refractivity contribution in [2.75, 3.05) is 5.32 Å². The molecule has 2 aromatic carbocycles. The first-order chi connectivity index (χ1) is 14.1. The van der Waals surface area contributed by atoms with Gasteiger partial charge in [-0.05, 0) is 42.8 Å². The summed E-state index contributed by atoms with van der Waals surface area (Å²) in [7, 11) is 0. The topological polar surface area (TPSA) is 83.6 Å². The first-order valence-electron chi connectivity index (χ1n) is 9.38. The van der Waals surface area contributed by atoms with Gasteiger partial charge in [-0.1, -0.05) is 37.1 Å². The van der Waals surface area contributed by atoms with Gasteiger partial charge in [-0.15, -0.1) is 0 Å². The van der Waals surface area contributed by atoms with E-state index in [1.807, 2.05) is 28.8 Å². The zero-order valence-corrected chi connectivity index (χ0v) is 16.6. The molecular weight excluding hydrogens is 386 g/mol. The lowest BCUT2D eigenvalue weighted by Crippen LogP contribution is -2.16. The number of aryl methyl sites for hydroxylation is 1. The second-order valence-corrected chi connectivity index (χ2v) is 7.12. The highest BCUT2D eigenvalue weighted by molar-refractivity contribution is 6.30. The Hall–Kier alpha value is -3.43. The molecular formula is C22H18ClN5O. The highest BCUT2D eigenvalue weighted by atomic mass is 35.5. The van der Waals surface area contributed by atoms with Crippen LogP contribution in [0.1, 0.15) is 35.7 Å². The maximum Gasteiger partial charge on any atom is 0.256 e. The molecule has 1 amide bonds. The van der Waals surface area contributed by atoms with E-state index < -0.39 is 0 Å². The lowest BCUT2D eigenvalue weighted by atomic mass is 10.2. The van der Waals surface area contributed by atoms with Crippen molar-refractivity contribution in [3.63, 3.8) is 0 Å². The number of nitrogens with one attached hydrogen (secondary N) is 1. The minimum atomic E-state index is -0.316. The van der Waals surface area contributed by atoms with Crippen molar-refractivity contribution in [2.45, 2.75) is 26.3 Å². The van der Waals surface area contributed by atoms with Crippen LogP contribution in [0.15, 0.2) is 48.5 Å². The summed E-state index contributed by atoms with van der Waals surface area (Å²) < 4.78 is 1.88. The maximum atomic E-state index is 12.8. The number of anilines is 1. The van der Waals surface area contributed by atoms with Crippen LogP contribution in [0.5, 0.6) is 0 Å². The average molecular weight is 404 g/mol. The van der Waals surface area contributed by atoms with Crippen molar-refractivity contribution < 1.29 is 4.79 Å². The smallest absolute Gasteiger partial charge is 0.256 e. The molecule has 2 aromatic heterocycles. The predicted octanol–water partition coefficient (Wildman–Crippen LogP) is 5.16. The maximum absolute atomic E-state index is 12.8. The number of nitrogens with zero attached hydrogens (tertiary/aromatic N) is 4. The third-order valence-electron chi connectivity index (χ3n) is 4.74. The molecule has 0 saturated heterocycles. The first kappa shape index (κ1) is 18.9. The fourth-order valence-corrected chi connectivity index (χ4v) is 3.38. The number of fused-ring (bicyclic) bond motifs is 2. The van der Waals surface area contributed by atoms with Crippen LogP contribution >= 0.6 is 11.6 Å². The van der Waals surface area contributed by atoms with Crippen molar-refractivity contribution in [1.29, 1.82) is 5.26 Å². The molecule has 2 heterocycles. The molecule has 144 valence electrons. The van der Waals surface area contributed by atoms with Crippen molar-refractivity contribution in [3.05, 3.63) is 64.7 Å². The molecule has 0 aliphatic heterocycles. The number of carbonyl (C=O) groups excluding carboxylic acids is 1. The van der Waals surface area contributed by atoms with E-state index in [1.165, 1.54) is 0 Å². The van der Waals surface area contributed by atoms with E-state index in [1.54, 1.807) is 24.3 Å². The number of unbranched alkanes of at least 4 members (excludes halogenated alkanes) is 1. The van der Waals surface area contributed by atoms with E-state index >= 15 is 0 Å². The van der Waals surface area contributed by atoms with E-state index in [-0.39, 0.29) is 5.91 Å². The van der Waals surface area contributed by atoms with E-state index in [2.05, 4.69) is 23.3 Å². The standard InChI is InChI=1S/C22H18ClN5O/c1-2-3-12-28-20(27-22(29)14-8-10-15(23)11-9-14)16(13-24)19-21(28)26-18-7-5-4-6-17(18)25-19/h4-11H,2-3,12H2,1H3,(H,27,29). The van der Waals surface area contributed by atoms with E-state index in [0.29, 0.717) is 45.2 Å². The molecule has 0 unspecified atom stereocenters. The summed E-state index contributed by atoms with van der Waals surface area (Å²) in [6, 6.07) is 16.3. The Labute approximate surface area is 172 Å². The van der Waals surface area contributed by atoms with Crippen LogP contribution in [-0.2, 0) is 6.54 Å². The molecule has 7 heteroatoms. The number of hydrogen-bond donors (Lipinski definition) is 1. The van der Waals surface area contributed by atoms with Gasteiger partial charge in [0.1, 0.15) is 23.0 Å². The summed E-state index contributed by atoms with van der Waals surface area (Å²) >= 11 is 5.92. The third kappa shape index (κ3) is 3.53. The Morgan fingerprint density at radius 3 is 2.48 bits per heavy atom. The number of aromatic nitrogens is 3. The van der Waals surface area contributed by atoms with Gasteiger partial charge < -0.3 is 9.88 Å². The van der Waals surface area contributed by atoms with E-state index in [9.17, 15) is 10.1 Å². The van der Waals surface area contributed by atoms with Crippen molar-refractivity contribution in [2.24, 2.45) is 0 Å². The van der Waals surface area contributed by atoms with E-state index in [0.717, 1.165) is 18.4 Å². The van der Waals surface area contributed by atoms with Gasteiger partial charge in [0.15, 0.2) is 5.65 Å². The van der Waals surface area contributed by atoms with Crippen LogP contribution in [0.25, 0.3) is 22.2 Å². The predicted molar refractivity (Wildman–Crippen MR) is 114 cm³/mol. The highest BCUT2D eigenvalue weighted by Crippen LogP contribution is 2.30. The van der Waals surface area contributed by atoms with Crippen molar-refractivity contribution in [3.8, 4) is 6.07 Å². The van der Waals surface area contributed by atoms with Crippen molar-refractivity contribution in [1.82, 2.24) is 14.5 Å². The van der Waals surface area contributed by atoms with E-state index in [4.69, 9.17) is 16.6 Å². The van der Waals surface area contributed by atoms with Gasteiger partial charge in [0.2, 0.25) is 0 Å². The Bertz CT molecular complexity index is 1250. The molecule has 0 spiro atoms. The summed E-state index contributed by atoms with van der Waals surface area (Å²) in [5.74, 6) is 0.106. The molecule has 0 radical (unpaired) electrons. The molecule has 29 heavy (non-hydrogen) atoms. The number of benzene rings is 2. The molecule has 0 aliphatic carbocycles. The number of halogens is 1. The Balaban J connectivity index is 1.88. The van der Waals surface area contributed by atoms with Crippen LogP contribution < -0.4 is 5.32 Å². The number of amides is 1. The molecule has 4 rings (SSSR count). The Kier molecular flexibility index (Phi) is 5.15. The Morgan fingerprint density at radius 2 is 1.83 bits per heavy atom. The van der Waals surface area contributed by atoms with Gasteiger partial charge in [-0.2, -0.15) is 5.26 Å². The normalized spacial score (nSPS) is 10.9. The van der Waals surface area contributed by atoms with Gasteiger partial charge >= 0.3 is 0 Å². The van der Waals surface area contributed by atoms with Crippen LogP contribution in [-0.4, -0.2) is 20.4 Å². The molecule has 0 fully saturated rings. The first-order valence-corrected chi connectivity index (χ1v) is 9.76. The number of carbonyl (C=O) groups is 1. The second-order valence-electron chi connectivity index (χ2n) is 6.69. The lowest BCUT2D eigenvalue weighted by molar-refractivity contribution is 0.102. The largest absolute Gasteiger partial charge is 0.309 e. The summed E-state index contributed by atoms with van der Waals surface area (Å²) in [6.45, 7) is 2.71. The summed E-state index contributed by atoms with van der Waals surface area (Å²) in [5.41, 5.74) is 3.32. The SMILES string of the molecule is CCCCn1c(NC(=O)c2ccc(Cl)cc2)c(C#N)c2nc3ccccc3nc21. The Morgan fingerprint density at radius 1 is 1.14 bits per heavy atom. The van der Waals surface area contributed by atoms with Crippen LogP contribution in [0.2, 0.25) is 5.02 Å². The van der Waals surface area contributed by atoms with Gasteiger partial charge in [-0.25, -0.2) is 9.97 Å². The zero-order chi connectivity index (χ0) is 20.4. The van der Waals surface area contributed by atoms with Gasteiger partial charge in [-0.3, -0.25) is 4.79 Å². The summed E-state index contributed by atoms with van der Waals surface area (Å²) in [5, 5.41) is 13.3. The molecule has 1 N–H and O–H groups in total. The van der Waals surface area contributed by atoms with Gasteiger partial charge in [0.05, 0.1) is 11.0 Å². The summed E-state index contributed by atoms with van der Waals surface area (Å²) in [6.07, 6.45) is 1.85. The number of rotatable bonds is 5. The molecule has 0 atom stereocenters. The van der Waals surface area contributed by atoms with Gasteiger partial charge in [0, 0.05) is 17.1 Å². The average Bonchev–Trinajstić information content (AvgIpc) is 3.02. The van der Waals surface area contributed by atoms with Crippen LogP contribution in [0, 0.1) is 11.3 Å². The van der Waals surface area contributed by atoms with Gasteiger partial charge in [0.25, 0.3) is 5.91 Å². The molecule has 0 bridgehead atoms. The molecule has 0 aliphatic rings. The molecule has 6 nitrogen and oxygen atoms in total. The summed E-state index contributed by atoms with van der Waals surface area (Å²) in [4.78, 5) is 22.2. The molecule has 4 aromatic rings. The minimum Gasteiger partial charge on any atom is -0.309 e. The zero-order valence-electron chi connectivity index (χ0n) is 15.8.